The van der Waals surface area contributed by atoms with Crippen molar-refractivity contribution in [3.05, 3.63) is 80.6 Å². The third-order valence-corrected chi connectivity index (χ3v) is 8.17. The Hall–Kier alpha value is -3.28. The third kappa shape index (κ3) is 9.62. The van der Waals surface area contributed by atoms with E-state index in [1.807, 2.05) is 37.9 Å². The highest BCUT2D eigenvalue weighted by molar-refractivity contribution is 6.42. The van der Waals surface area contributed by atoms with Gasteiger partial charge in [0, 0.05) is 36.6 Å². The highest BCUT2D eigenvalue weighted by Gasteiger charge is 2.40. The Bertz CT molecular complexity index is 1440. The Kier molecular flexibility index (Phi) is 13.8. The Labute approximate surface area is 281 Å². The fourth-order valence-corrected chi connectivity index (χ4v) is 5.86. The van der Waals surface area contributed by atoms with Gasteiger partial charge in [0.25, 0.3) is 0 Å². The summed E-state index contributed by atoms with van der Waals surface area (Å²) in [4.78, 5) is 28.9. The first-order chi connectivity index (χ1) is 21.8. The van der Waals surface area contributed by atoms with Crippen LogP contribution in [-0.4, -0.2) is 87.2 Å². The summed E-state index contributed by atoms with van der Waals surface area (Å²) in [5, 5.41) is 17.8. The normalized spacial score (nSPS) is 15.8. The number of ether oxygens (including phenoxy) is 4. The number of β-amino-alcohol motifs (C(OH)–C–C–N with tert-alkyl or cyclic N) is 1. The Morgan fingerprint density at radius 2 is 1.65 bits per heavy atom. The molecule has 3 N–H and O–H groups in total. The maximum absolute atomic E-state index is 13.6. The molecule has 0 bridgehead atoms. The lowest BCUT2D eigenvalue weighted by molar-refractivity contribution is -0.139. The molecule has 1 heterocycles. The van der Waals surface area contributed by atoms with Crippen LogP contribution in [0.2, 0.25) is 10.0 Å². The standard InChI is InChI=1S/C34H45Cl2N3O7/c1-8-44-32(41)28-21(3)38-25(30(33(42)45-9-2)29(28)23-13-12-14-24(35)31(23)36)18-39(6)20-34(4,5)37-17-22(40)19-46-27-16-11-10-15-26(27)43-7/h10-16,22,29,37-38,40H,8-9,17-20H2,1-7H3. The summed E-state index contributed by atoms with van der Waals surface area (Å²) in [6.45, 7) is 10.7. The van der Waals surface area contributed by atoms with E-state index in [-0.39, 0.29) is 42.5 Å². The number of nitrogens with one attached hydrogen (secondary N) is 2. The topological polar surface area (TPSA) is 119 Å². The quantitative estimate of drug-likeness (QED) is 0.208. The summed E-state index contributed by atoms with van der Waals surface area (Å²) in [7, 11) is 3.49. The molecule has 0 fully saturated rings. The Balaban J connectivity index is 1.83. The molecular weight excluding hydrogens is 633 g/mol. The van der Waals surface area contributed by atoms with Crippen LogP contribution in [0, 0.1) is 0 Å². The number of nitrogens with zero attached hydrogens (tertiary/aromatic N) is 1. The van der Waals surface area contributed by atoms with E-state index in [1.54, 1.807) is 58.2 Å². The highest BCUT2D eigenvalue weighted by Crippen LogP contribution is 2.43. The van der Waals surface area contributed by atoms with Gasteiger partial charge in [0.1, 0.15) is 12.7 Å². The molecule has 1 aliphatic heterocycles. The minimum atomic E-state index is -0.876. The lowest BCUT2D eigenvalue weighted by atomic mass is 9.80. The van der Waals surface area contributed by atoms with Crippen molar-refractivity contribution < 1.29 is 33.6 Å². The molecule has 46 heavy (non-hydrogen) atoms. The number of dihydropyridines is 1. The molecule has 0 aromatic heterocycles. The van der Waals surface area contributed by atoms with Gasteiger partial charge in [0.15, 0.2) is 11.5 Å². The molecule has 0 saturated carbocycles. The molecule has 10 nitrogen and oxygen atoms in total. The van der Waals surface area contributed by atoms with Gasteiger partial charge in [-0.05, 0) is 65.4 Å². The minimum Gasteiger partial charge on any atom is -0.493 e. The number of carbonyl (C=O) groups is 2. The maximum Gasteiger partial charge on any atom is 0.336 e. The van der Waals surface area contributed by atoms with Crippen LogP contribution in [0.3, 0.4) is 0 Å². The SMILES string of the molecule is CCOC(=O)C1=C(C)NC(CN(C)CC(C)(C)NCC(O)COc2ccccc2OC)=C(C(=O)OCC)C1c1cccc(Cl)c1Cl. The van der Waals surface area contributed by atoms with Gasteiger partial charge in [-0.15, -0.1) is 0 Å². The number of rotatable bonds is 16. The number of likely N-dealkylation sites (N-methyl/N-ethyl adjacent to an activating group) is 1. The number of methoxy groups -OCH3 is 1. The fraction of sp³-hybridized carbons (Fsp3) is 0.471. The average Bonchev–Trinajstić information content (AvgIpc) is 3.00. The zero-order valence-corrected chi connectivity index (χ0v) is 29.1. The van der Waals surface area contributed by atoms with Crippen molar-refractivity contribution in [2.24, 2.45) is 0 Å². The van der Waals surface area contributed by atoms with Crippen LogP contribution in [0.15, 0.2) is 65.0 Å². The summed E-state index contributed by atoms with van der Waals surface area (Å²) < 4.78 is 22.0. The number of aliphatic hydroxyl groups excluding tert-OH is 1. The number of allylic oxidation sites excluding steroid dienone is 1. The summed E-state index contributed by atoms with van der Waals surface area (Å²) in [5.74, 6) is -0.873. The maximum atomic E-state index is 13.6. The van der Waals surface area contributed by atoms with Crippen LogP contribution in [0.25, 0.3) is 0 Å². The number of aliphatic hydroxyl groups is 1. The molecule has 2 aromatic carbocycles. The van der Waals surface area contributed by atoms with Crippen molar-refractivity contribution in [1.29, 1.82) is 0 Å². The summed E-state index contributed by atoms with van der Waals surface area (Å²) in [6, 6.07) is 12.4. The van der Waals surface area contributed by atoms with Crippen LogP contribution in [0.4, 0.5) is 0 Å². The van der Waals surface area contributed by atoms with Crippen molar-refractivity contribution >= 4 is 35.1 Å². The van der Waals surface area contributed by atoms with Crippen molar-refractivity contribution in [2.45, 2.75) is 52.2 Å². The molecule has 2 atom stereocenters. The first-order valence-corrected chi connectivity index (χ1v) is 15.9. The number of halogens is 2. The number of benzene rings is 2. The molecule has 0 amide bonds. The Morgan fingerprint density at radius 1 is 1.02 bits per heavy atom. The first-order valence-electron chi connectivity index (χ1n) is 15.2. The number of esters is 2. The monoisotopic (exact) mass is 677 g/mol. The van der Waals surface area contributed by atoms with E-state index in [0.29, 0.717) is 46.6 Å². The predicted molar refractivity (Wildman–Crippen MR) is 179 cm³/mol. The van der Waals surface area contributed by atoms with Crippen LogP contribution in [0.5, 0.6) is 11.5 Å². The fourth-order valence-electron chi connectivity index (χ4n) is 5.44. The summed E-state index contributed by atoms with van der Waals surface area (Å²) >= 11 is 13.1. The molecule has 0 radical (unpaired) electrons. The van der Waals surface area contributed by atoms with Crippen LogP contribution in [-0.2, 0) is 19.1 Å². The Morgan fingerprint density at radius 3 is 2.28 bits per heavy atom. The highest BCUT2D eigenvalue weighted by atomic mass is 35.5. The smallest absolute Gasteiger partial charge is 0.336 e. The van der Waals surface area contributed by atoms with Crippen molar-refractivity contribution in [3.63, 3.8) is 0 Å². The van der Waals surface area contributed by atoms with Crippen LogP contribution < -0.4 is 20.1 Å². The second kappa shape index (κ2) is 17.0. The zero-order valence-electron chi connectivity index (χ0n) is 27.5. The van der Waals surface area contributed by atoms with E-state index in [0.717, 1.165) is 0 Å². The molecule has 12 heteroatoms. The second-order valence-electron chi connectivity index (χ2n) is 11.6. The molecule has 252 valence electrons. The van der Waals surface area contributed by atoms with Crippen molar-refractivity contribution in [1.82, 2.24) is 15.5 Å². The largest absolute Gasteiger partial charge is 0.493 e. The molecule has 0 saturated heterocycles. The predicted octanol–water partition coefficient (Wildman–Crippen LogP) is 5.08. The zero-order chi connectivity index (χ0) is 34.0. The molecular formula is C34H45Cl2N3O7. The first kappa shape index (κ1) is 37.2. The summed E-state index contributed by atoms with van der Waals surface area (Å²) in [6.07, 6.45) is -0.773. The van der Waals surface area contributed by atoms with Crippen LogP contribution >= 0.6 is 23.2 Å². The van der Waals surface area contributed by atoms with Gasteiger partial charge in [-0.3, -0.25) is 4.90 Å². The average molecular weight is 679 g/mol. The minimum absolute atomic E-state index is 0.0842. The molecule has 3 rings (SSSR count). The third-order valence-electron chi connectivity index (χ3n) is 7.34. The molecule has 0 spiro atoms. The van der Waals surface area contributed by atoms with Gasteiger partial charge in [0.05, 0.1) is 47.4 Å². The van der Waals surface area contributed by atoms with E-state index in [1.165, 1.54) is 0 Å². The van der Waals surface area contributed by atoms with Gasteiger partial charge in [-0.25, -0.2) is 9.59 Å². The van der Waals surface area contributed by atoms with Gasteiger partial charge >= 0.3 is 11.9 Å². The molecule has 2 aromatic rings. The molecule has 1 aliphatic rings. The molecule has 2 unspecified atom stereocenters. The number of hydrogen-bond donors (Lipinski definition) is 3. The summed E-state index contributed by atoms with van der Waals surface area (Å²) in [5.41, 5.74) is 1.65. The van der Waals surface area contributed by atoms with Gasteiger partial charge in [0.2, 0.25) is 0 Å². The van der Waals surface area contributed by atoms with Crippen LogP contribution in [0.1, 0.15) is 46.1 Å². The number of para-hydroxylation sites is 2. The van der Waals surface area contributed by atoms with Gasteiger partial charge in [-0.2, -0.15) is 0 Å². The second-order valence-corrected chi connectivity index (χ2v) is 12.4. The lowest BCUT2D eigenvalue weighted by Crippen LogP contribution is -2.51. The molecule has 0 aliphatic carbocycles. The van der Waals surface area contributed by atoms with E-state index in [2.05, 4.69) is 10.6 Å². The van der Waals surface area contributed by atoms with E-state index in [4.69, 9.17) is 42.1 Å². The van der Waals surface area contributed by atoms with E-state index in [9.17, 15) is 14.7 Å². The van der Waals surface area contributed by atoms with Gasteiger partial charge < -0.3 is 34.7 Å². The van der Waals surface area contributed by atoms with Gasteiger partial charge in [-0.1, -0.05) is 47.5 Å². The van der Waals surface area contributed by atoms with Crippen molar-refractivity contribution in [3.8, 4) is 11.5 Å². The number of carbonyl (C=O) groups excluding carboxylic acids is 2. The van der Waals surface area contributed by atoms with E-state index >= 15 is 0 Å². The van der Waals surface area contributed by atoms with Crippen molar-refractivity contribution in [2.75, 3.05) is 53.6 Å². The number of hydrogen-bond acceptors (Lipinski definition) is 10. The van der Waals surface area contributed by atoms with E-state index < -0.39 is 29.5 Å². The lowest BCUT2D eigenvalue weighted by Gasteiger charge is -2.36.